The summed E-state index contributed by atoms with van der Waals surface area (Å²) in [7, 11) is 0. The molecule has 0 fully saturated rings. The number of nitrogens with one attached hydrogen (secondary N) is 3. The van der Waals surface area contributed by atoms with Crippen molar-refractivity contribution in [1.82, 2.24) is 20.5 Å². The number of fused-ring (bicyclic) bond motifs is 1. The fourth-order valence-electron chi connectivity index (χ4n) is 4.87. The van der Waals surface area contributed by atoms with Crippen molar-refractivity contribution in [2.75, 3.05) is 38.0 Å². The van der Waals surface area contributed by atoms with Gasteiger partial charge in [0, 0.05) is 38.0 Å². The quantitative estimate of drug-likeness (QED) is 0.106. The van der Waals surface area contributed by atoms with Gasteiger partial charge in [0.1, 0.15) is 12.1 Å². The molecule has 1 heterocycles. The summed E-state index contributed by atoms with van der Waals surface area (Å²) >= 11 is 0. The largest absolute Gasteiger partial charge is 0.416 e. The summed E-state index contributed by atoms with van der Waals surface area (Å²) in [6.07, 6.45) is -3.28. The molecule has 0 radical (unpaired) electrons. The number of hydrogen-bond acceptors (Lipinski definition) is 9. The molecular weight excluding hydrogens is 631 g/mol. The van der Waals surface area contributed by atoms with E-state index in [4.69, 9.17) is 22.9 Å². The van der Waals surface area contributed by atoms with E-state index < -0.39 is 53.5 Å². The molecule has 16 heteroatoms. The van der Waals surface area contributed by atoms with E-state index in [9.17, 15) is 32.3 Å². The maximum atomic E-state index is 13.6. The molecule has 0 aliphatic rings. The van der Waals surface area contributed by atoms with Crippen LogP contribution in [-0.4, -0.2) is 84.4 Å². The molecule has 0 saturated carbocycles. The van der Waals surface area contributed by atoms with Gasteiger partial charge in [0.2, 0.25) is 23.6 Å². The Morgan fingerprint density at radius 2 is 1.48 bits per heavy atom. The van der Waals surface area contributed by atoms with E-state index in [2.05, 4.69) is 20.9 Å². The number of carbonyl (C=O) groups is 4. The zero-order valence-electron chi connectivity index (χ0n) is 26.3. The molecule has 0 aliphatic heterocycles. The number of para-hydroxylation sites is 1. The highest BCUT2D eigenvalue weighted by molar-refractivity contribution is 6.00. The predicted octanol–water partition coefficient (Wildman–Crippen LogP) is 0.607. The highest BCUT2D eigenvalue weighted by Gasteiger charge is 2.32. The molecule has 4 amide bonds. The molecular formula is C32H42F3N9O4. The molecule has 0 bridgehead atoms. The minimum Gasteiger partial charge on any atom is -0.343 e. The third kappa shape index (κ3) is 11.3. The first-order valence-corrected chi connectivity index (χ1v) is 15.4. The third-order valence-corrected chi connectivity index (χ3v) is 7.42. The molecule has 3 aromatic rings. The monoisotopic (exact) mass is 673 g/mol. The molecule has 48 heavy (non-hydrogen) atoms. The highest BCUT2D eigenvalue weighted by atomic mass is 19.4. The highest BCUT2D eigenvalue weighted by Crippen LogP contribution is 2.29. The van der Waals surface area contributed by atoms with Gasteiger partial charge in [0.15, 0.2) is 0 Å². The van der Waals surface area contributed by atoms with Gasteiger partial charge in [-0.3, -0.25) is 24.2 Å². The first-order chi connectivity index (χ1) is 22.9. The number of hydrogen-bond donors (Lipinski definition) is 7. The van der Waals surface area contributed by atoms with Gasteiger partial charge in [-0.2, -0.15) is 13.2 Å². The fraction of sp³-hybridized carbons (Fsp3) is 0.406. The third-order valence-electron chi connectivity index (χ3n) is 7.42. The molecule has 3 unspecified atom stereocenters. The van der Waals surface area contributed by atoms with Crippen LogP contribution in [0.25, 0.3) is 10.9 Å². The number of nitrogens with two attached hydrogens (primary N) is 4. The van der Waals surface area contributed by atoms with Crippen molar-refractivity contribution in [3.8, 4) is 0 Å². The Bertz CT molecular complexity index is 1530. The number of halogens is 3. The van der Waals surface area contributed by atoms with E-state index in [1.54, 1.807) is 24.3 Å². The lowest BCUT2D eigenvalue weighted by atomic mass is 10.0. The van der Waals surface area contributed by atoms with Crippen LogP contribution in [0.4, 0.5) is 18.9 Å². The summed E-state index contributed by atoms with van der Waals surface area (Å²) in [5.74, 6) is -2.65. The molecule has 13 nitrogen and oxygen atoms in total. The number of pyridine rings is 1. The topological polar surface area (TPSA) is 225 Å². The van der Waals surface area contributed by atoms with E-state index in [1.165, 1.54) is 23.2 Å². The maximum absolute atomic E-state index is 13.6. The Balaban J connectivity index is 1.80. The van der Waals surface area contributed by atoms with Crippen molar-refractivity contribution in [3.05, 3.63) is 71.9 Å². The molecule has 3 atom stereocenters. The van der Waals surface area contributed by atoms with Gasteiger partial charge in [0.05, 0.1) is 35.4 Å². The van der Waals surface area contributed by atoms with Crippen LogP contribution in [0, 0.1) is 0 Å². The number of alkyl halides is 3. The van der Waals surface area contributed by atoms with Crippen molar-refractivity contribution < 1.29 is 32.3 Å². The van der Waals surface area contributed by atoms with Gasteiger partial charge in [-0.15, -0.1) is 0 Å². The minimum atomic E-state index is -4.56. The van der Waals surface area contributed by atoms with E-state index in [0.717, 1.165) is 17.5 Å². The molecule has 1 aromatic heterocycles. The number of nitrogens with zero attached hydrogens (tertiary/aromatic N) is 2. The van der Waals surface area contributed by atoms with E-state index in [-0.39, 0.29) is 52.0 Å². The lowest BCUT2D eigenvalue weighted by Crippen LogP contribution is -2.56. The van der Waals surface area contributed by atoms with Crippen LogP contribution in [0.1, 0.15) is 30.4 Å². The SMILES string of the molecule is NCCCC(NC(=O)C(N)CC(=O)N(CCN)CCN)C(=O)NC(Cc1ccc(C(F)(F)F)cc1)C(=O)Nc1cnc2ccccc2c1. The molecule has 0 saturated heterocycles. The van der Waals surface area contributed by atoms with Crippen LogP contribution in [0.2, 0.25) is 0 Å². The predicted molar refractivity (Wildman–Crippen MR) is 175 cm³/mol. The zero-order valence-corrected chi connectivity index (χ0v) is 26.3. The second-order valence-electron chi connectivity index (χ2n) is 11.1. The number of aromatic nitrogens is 1. The van der Waals surface area contributed by atoms with Crippen molar-refractivity contribution in [1.29, 1.82) is 0 Å². The molecule has 2 aromatic carbocycles. The van der Waals surface area contributed by atoms with Gasteiger partial charge in [0.25, 0.3) is 0 Å². The van der Waals surface area contributed by atoms with Gasteiger partial charge in [-0.25, -0.2) is 0 Å². The standard InChI is InChI=1S/C32H42F3N9O4/c33-32(34,35)22-9-7-20(8-10-22)16-27(31(48)41-23-17-21-4-1-2-5-25(21)40-19-23)43-30(47)26(6-3-11-36)42-29(46)24(39)18-28(45)44(14-12-37)15-13-38/h1-2,4-5,7-10,17,19,24,26-27H,3,6,11-16,18,36-39H2,(H,41,48)(H,42,46)(H,43,47). The lowest BCUT2D eigenvalue weighted by molar-refractivity contribution is -0.137. The Morgan fingerprint density at radius 1 is 0.833 bits per heavy atom. The van der Waals surface area contributed by atoms with Crippen molar-refractivity contribution in [2.45, 2.75) is 50.0 Å². The Labute approximate surface area is 276 Å². The van der Waals surface area contributed by atoms with Gasteiger partial charge in [-0.05, 0) is 49.2 Å². The minimum absolute atomic E-state index is 0.0738. The summed E-state index contributed by atoms with van der Waals surface area (Å²) in [5, 5.41) is 8.61. The first kappa shape index (κ1) is 37.8. The van der Waals surface area contributed by atoms with Gasteiger partial charge < -0.3 is 43.8 Å². The van der Waals surface area contributed by atoms with Crippen molar-refractivity contribution in [2.24, 2.45) is 22.9 Å². The molecule has 11 N–H and O–H groups in total. The summed E-state index contributed by atoms with van der Waals surface area (Å²) in [4.78, 5) is 58.5. The van der Waals surface area contributed by atoms with Crippen molar-refractivity contribution in [3.63, 3.8) is 0 Å². The summed E-state index contributed by atoms with van der Waals surface area (Å²) in [5.41, 5.74) is 23.3. The molecule has 0 aliphatic carbocycles. The second kappa shape index (κ2) is 18.1. The number of amides is 4. The van der Waals surface area contributed by atoms with Crippen molar-refractivity contribution >= 4 is 40.2 Å². The lowest BCUT2D eigenvalue weighted by Gasteiger charge is -2.25. The number of benzene rings is 2. The number of rotatable bonds is 17. The Kier molecular flexibility index (Phi) is 14.2. The van der Waals surface area contributed by atoms with Gasteiger partial charge in [-0.1, -0.05) is 30.3 Å². The summed E-state index contributed by atoms with van der Waals surface area (Å²) in [6.45, 7) is 1.01. The van der Waals surface area contributed by atoms with E-state index >= 15 is 0 Å². The average Bonchev–Trinajstić information content (AvgIpc) is 3.05. The van der Waals surface area contributed by atoms with Gasteiger partial charge >= 0.3 is 6.18 Å². The zero-order chi connectivity index (χ0) is 35.3. The normalized spacial score (nSPS) is 13.3. The van der Waals surface area contributed by atoms with Crippen LogP contribution >= 0.6 is 0 Å². The van der Waals surface area contributed by atoms with Crippen LogP contribution in [-0.2, 0) is 31.8 Å². The molecule has 3 rings (SSSR count). The van der Waals surface area contributed by atoms with E-state index in [1.807, 2.05) is 6.07 Å². The maximum Gasteiger partial charge on any atom is 0.416 e. The smallest absolute Gasteiger partial charge is 0.343 e. The number of anilines is 1. The van der Waals surface area contributed by atoms with E-state index in [0.29, 0.717) is 23.2 Å². The Hall–Kier alpha value is -4.64. The second-order valence-corrected chi connectivity index (χ2v) is 11.1. The first-order valence-electron chi connectivity index (χ1n) is 15.4. The van der Waals surface area contributed by atoms with Crippen LogP contribution < -0.4 is 38.9 Å². The van der Waals surface area contributed by atoms with Crippen LogP contribution in [0.5, 0.6) is 0 Å². The van der Waals surface area contributed by atoms with Crippen LogP contribution in [0.3, 0.4) is 0 Å². The van der Waals surface area contributed by atoms with Crippen LogP contribution in [0.15, 0.2) is 60.8 Å². The molecule has 260 valence electrons. The average molecular weight is 674 g/mol. The fourth-order valence-corrected chi connectivity index (χ4v) is 4.87. The molecule has 0 spiro atoms. The Morgan fingerprint density at radius 3 is 2.10 bits per heavy atom. The summed E-state index contributed by atoms with van der Waals surface area (Å²) in [6, 6.07) is 9.31. The number of carbonyl (C=O) groups excluding carboxylic acids is 4. The summed E-state index contributed by atoms with van der Waals surface area (Å²) < 4.78 is 39.5.